The fraction of sp³-hybridized carbons (Fsp3) is 0.130. The van der Waals surface area contributed by atoms with Crippen molar-refractivity contribution in [2.45, 2.75) is 13.5 Å². The minimum absolute atomic E-state index is 0. The summed E-state index contributed by atoms with van der Waals surface area (Å²) in [5.74, 6) is 0.527. The van der Waals surface area contributed by atoms with E-state index < -0.39 is 0 Å². The third kappa shape index (κ3) is 5.29. The largest absolute Gasteiger partial charge is 0.492 e. The highest BCUT2D eigenvalue weighted by molar-refractivity contribution is 6.30. The lowest BCUT2D eigenvalue weighted by Gasteiger charge is -2.12. The van der Waals surface area contributed by atoms with Crippen LogP contribution in [0.25, 0.3) is 10.9 Å². The minimum atomic E-state index is -0.204. The fourth-order valence-corrected chi connectivity index (χ4v) is 3.40. The highest BCUT2D eigenvalue weighted by atomic mass is 35.5. The molecule has 3 N–H and O–H groups in total. The maximum Gasteiger partial charge on any atom is 0.272 e. The van der Waals surface area contributed by atoms with Crippen molar-refractivity contribution in [3.05, 3.63) is 83.3 Å². The summed E-state index contributed by atoms with van der Waals surface area (Å²) in [5.41, 5.74) is 9.61. The minimum Gasteiger partial charge on any atom is -0.492 e. The molecule has 4 aromatic rings. The van der Waals surface area contributed by atoms with Gasteiger partial charge in [0.2, 0.25) is 0 Å². The first kappa shape index (κ1) is 22.5. The summed E-state index contributed by atoms with van der Waals surface area (Å²) in [5, 5.41) is 4.41. The van der Waals surface area contributed by atoms with Gasteiger partial charge in [0.1, 0.15) is 18.1 Å². The zero-order valence-electron chi connectivity index (χ0n) is 16.8. The molecule has 2 aromatic heterocycles. The number of hydrogen-bond acceptors (Lipinski definition) is 4. The number of carbonyl (C=O) groups is 1. The average molecular weight is 457 g/mol. The van der Waals surface area contributed by atoms with Crippen molar-refractivity contribution >= 4 is 52.2 Å². The maximum atomic E-state index is 12.8. The smallest absolute Gasteiger partial charge is 0.272 e. The number of aromatic nitrogens is 2. The van der Waals surface area contributed by atoms with Crippen molar-refractivity contribution in [1.29, 1.82) is 0 Å². The number of nitrogens with zero attached hydrogens (tertiary/aromatic N) is 2. The Balaban J connectivity index is 0.00000272. The Kier molecular flexibility index (Phi) is 7.05. The van der Waals surface area contributed by atoms with E-state index in [1.807, 2.05) is 60.2 Å². The SMILES string of the molecule is Cc1cc(N)c2cc(NC(=O)c3cccn3CCOc3ccc(Cl)cc3)ccc2n1.Cl. The topological polar surface area (TPSA) is 82.2 Å². The van der Waals surface area contributed by atoms with Crippen LogP contribution in [0.4, 0.5) is 11.4 Å². The van der Waals surface area contributed by atoms with Crippen LogP contribution in [-0.4, -0.2) is 22.1 Å². The van der Waals surface area contributed by atoms with Gasteiger partial charge in [0, 0.05) is 33.7 Å². The number of nitrogen functional groups attached to an aromatic ring is 1. The molecule has 8 heteroatoms. The number of nitrogens with two attached hydrogens (primary N) is 1. The molecular weight excluding hydrogens is 435 g/mol. The second-order valence-electron chi connectivity index (χ2n) is 6.93. The first-order valence-electron chi connectivity index (χ1n) is 9.51. The van der Waals surface area contributed by atoms with E-state index in [1.165, 1.54) is 0 Å². The molecule has 0 aliphatic heterocycles. The van der Waals surface area contributed by atoms with Crippen LogP contribution in [0.2, 0.25) is 5.02 Å². The Morgan fingerprint density at radius 1 is 1.16 bits per heavy atom. The van der Waals surface area contributed by atoms with Crippen LogP contribution >= 0.6 is 24.0 Å². The quantitative estimate of drug-likeness (QED) is 0.410. The predicted octanol–water partition coefficient (Wildman–Crippen LogP) is 5.33. The van der Waals surface area contributed by atoms with E-state index in [2.05, 4.69) is 10.3 Å². The predicted molar refractivity (Wildman–Crippen MR) is 127 cm³/mol. The highest BCUT2D eigenvalue weighted by Gasteiger charge is 2.12. The first-order valence-corrected chi connectivity index (χ1v) is 9.89. The van der Waals surface area contributed by atoms with E-state index in [4.69, 9.17) is 22.1 Å². The number of rotatable bonds is 6. The van der Waals surface area contributed by atoms with E-state index in [9.17, 15) is 4.79 Å². The van der Waals surface area contributed by atoms with Crippen molar-refractivity contribution in [2.75, 3.05) is 17.7 Å². The third-order valence-corrected chi connectivity index (χ3v) is 4.96. The standard InChI is InChI=1S/C23H21ClN4O2.ClH/c1-15-13-20(25)19-14-17(6-9-21(19)26-15)27-23(29)22-3-2-10-28(22)11-12-30-18-7-4-16(24)5-8-18;/h2-10,13-14H,11-12H2,1H3,(H2,25,26)(H,27,29);1H. The molecule has 6 nitrogen and oxygen atoms in total. The molecule has 0 spiro atoms. The summed E-state index contributed by atoms with van der Waals surface area (Å²) < 4.78 is 7.58. The van der Waals surface area contributed by atoms with Crippen LogP contribution in [0, 0.1) is 6.92 Å². The molecule has 0 atom stereocenters. The second kappa shape index (κ2) is 9.73. The van der Waals surface area contributed by atoms with Crippen molar-refractivity contribution in [1.82, 2.24) is 9.55 Å². The van der Waals surface area contributed by atoms with Crippen LogP contribution in [0.15, 0.2) is 66.9 Å². The number of anilines is 2. The fourth-order valence-electron chi connectivity index (χ4n) is 3.27. The van der Waals surface area contributed by atoms with Crippen molar-refractivity contribution in [3.63, 3.8) is 0 Å². The summed E-state index contributed by atoms with van der Waals surface area (Å²) in [6.45, 7) is 2.86. The number of fused-ring (bicyclic) bond motifs is 1. The highest BCUT2D eigenvalue weighted by Crippen LogP contribution is 2.24. The van der Waals surface area contributed by atoms with Crippen LogP contribution in [0.5, 0.6) is 5.75 Å². The molecule has 0 radical (unpaired) electrons. The molecule has 0 fully saturated rings. The summed E-state index contributed by atoms with van der Waals surface area (Å²) >= 11 is 5.88. The number of halogens is 2. The Morgan fingerprint density at radius 2 is 1.94 bits per heavy atom. The Hall–Kier alpha value is -3.22. The van der Waals surface area contributed by atoms with E-state index in [1.54, 1.807) is 18.2 Å². The van der Waals surface area contributed by atoms with Crippen LogP contribution in [0.1, 0.15) is 16.2 Å². The van der Waals surface area contributed by atoms with Gasteiger partial charge in [0.05, 0.1) is 12.1 Å². The maximum absolute atomic E-state index is 12.8. The molecule has 0 aliphatic carbocycles. The molecule has 0 unspecified atom stereocenters. The third-order valence-electron chi connectivity index (χ3n) is 4.70. The van der Waals surface area contributed by atoms with Crippen LogP contribution in [0.3, 0.4) is 0 Å². The van der Waals surface area contributed by atoms with E-state index in [0.29, 0.717) is 35.2 Å². The lowest BCUT2D eigenvalue weighted by Crippen LogP contribution is -2.19. The zero-order valence-corrected chi connectivity index (χ0v) is 18.4. The molecule has 2 aromatic carbocycles. The lowest BCUT2D eigenvalue weighted by atomic mass is 10.1. The number of nitrogens with one attached hydrogen (secondary N) is 1. The molecule has 2 heterocycles. The van der Waals surface area contributed by atoms with Gasteiger partial charge in [0.15, 0.2) is 0 Å². The monoisotopic (exact) mass is 456 g/mol. The van der Waals surface area contributed by atoms with E-state index in [-0.39, 0.29) is 18.3 Å². The summed E-state index contributed by atoms with van der Waals surface area (Å²) in [6, 6.07) is 18.1. The van der Waals surface area contributed by atoms with Gasteiger partial charge in [-0.05, 0) is 67.6 Å². The number of pyridine rings is 1. The molecule has 160 valence electrons. The number of carbonyl (C=O) groups excluding carboxylic acids is 1. The summed E-state index contributed by atoms with van der Waals surface area (Å²) in [6.07, 6.45) is 1.85. The van der Waals surface area contributed by atoms with E-state index in [0.717, 1.165) is 22.3 Å². The van der Waals surface area contributed by atoms with Crippen molar-refractivity contribution < 1.29 is 9.53 Å². The molecule has 4 rings (SSSR count). The Morgan fingerprint density at radius 3 is 2.71 bits per heavy atom. The normalized spacial score (nSPS) is 10.5. The van der Waals surface area contributed by atoms with Crippen LogP contribution in [-0.2, 0) is 6.54 Å². The second-order valence-corrected chi connectivity index (χ2v) is 7.36. The summed E-state index contributed by atoms with van der Waals surface area (Å²) in [7, 11) is 0. The van der Waals surface area contributed by atoms with Gasteiger partial charge in [-0.2, -0.15) is 0 Å². The number of aryl methyl sites for hydroxylation is 1. The van der Waals surface area contributed by atoms with Crippen molar-refractivity contribution in [3.8, 4) is 5.75 Å². The van der Waals surface area contributed by atoms with Gasteiger partial charge in [-0.25, -0.2) is 0 Å². The summed E-state index contributed by atoms with van der Waals surface area (Å²) in [4.78, 5) is 17.3. The van der Waals surface area contributed by atoms with Gasteiger partial charge < -0.3 is 20.4 Å². The first-order chi connectivity index (χ1) is 14.5. The van der Waals surface area contributed by atoms with Gasteiger partial charge in [-0.1, -0.05) is 11.6 Å². The number of benzene rings is 2. The lowest BCUT2D eigenvalue weighted by molar-refractivity contribution is 0.101. The molecule has 0 saturated heterocycles. The molecule has 1 amide bonds. The number of ether oxygens (including phenoxy) is 1. The molecule has 0 aliphatic rings. The molecular formula is C23H22Cl2N4O2. The average Bonchev–Trinajstić information content (AvgIpc) is 3.18. The Bertz CT molecular complexity index is 1210. The zero-order chi connectivity index (χ0) is 21.1. The Labute approximate surface area is 191 Å². The van der Waals surface area contributed by atoms with E-state index >= 15 is 0 Å². The van der Waals surface area contributed by atoms with Gasteiger partial charge in [0.25, 0.3) is 5.91 Å². The number of hydrogen-bond donors (Lipinski definition) is 2. The van der Waals surface area contributed by atoms with Gasteiger partial charge >= 0.3 is 0 Å². The van der Waals surface area contributed by atoms with Gasteiger partial charge in [-0.3, -0.25) is 9.78 Å². The molecule has 0 saturated carbocycles. The van der Waals surface area contributed by atoms with Crippen LogP contribution < -0.4 is 15.8 Å². The molecule has 31 heavy (non-hydrogen) atoms. The van der Waals surface area contributed by atoms with Gasteiger partial charge in [-0.15, -0.1) is 12.4 Å². The van der Waals surface area contributed by atoms with Crippen molar-refractivity contribution in [2.24, 2.45) is 0 Å². The molecule has 0 bridgehead atoms. The number of amides is 1.